The molecule has 2 aromatic carbocycles. The van der Waals surface area contributed by atoms with Crippen LogP contribution in [0.4, 0.5) is 5.69 Å². The maximum Gasteiger partial charge on any atom is 0.248 e. The fourth-order valence-corrected chi connectivity index (χ4v) is 2.39. The molecule has 0 radical (unpaired) electrons. The minimum Gasteiger partial charge on any atom is -0.496 e. The molecule has 3 nitrogen and oxygen atoms in total. The van der Waals surface area contributed by atoms with Crippen molar-refractivity contribution in [2.24, 2.45) is 0 Å². The highest BCUT2D eigenvalue weighted by Crippen LogP contribution is 2.24. The van der Waals surface area contributed by atoms with Crippen LogP contribution in [0.1, 0.15) is 18.1 Å². The van der Waals surface area contributed by atoms with Crippen molar-refractivity contribution in [3.63, 3.8) is 0 Å². The van der Waals surface area contributed by atoms with Crippen LogP contribution in [0, 0.1) is 0 Å². The topological polar surface area (TPSA) is 38.3 Å². The third kappa shape index (κ3) is 4.46. The lowest BCUT2D eigenvalue weighted by Gasteiger charge is -2.05. The maximum absolute atomic E-state index is 12.0. The van der Waals surface area contributed by atoms with Crippen LogP contribution >= 0.6 is 15.9 Å². The Labute approximate surface area is 139 Å². The summed E-state index contributed by atoms with van der Waals surface area (Å²) in [6, 6.07) is 13.5. The van der Waals surface area contributed by atoms with Crippen molar-refractivity contribution in [1.82, 2.24) is 0 Å². The van der Waals surface area contributed by atoms with Crippen LogP contribution in [0.2, 0.25) is 0 Å². The molecule has 0 aliphatic carbocycles. The molecule has 2 rings (SSSR count). The highest BCUT2D eigenvalue weighted by atomic mass is 79.9. The van der Waals surface area contributed by atoms with Crippen molar-refractivity contribution >= 4 is 33.6 Å². The van der Waals surface area contributed by atoms with E-state index in [9.17, 15) is 4.79 Å². The zero-order chi connectivity index (χ0) is 15.9. The molecular weight excluding hydrogens is 342 g/mol. The fourth-order valence-electron chi connectivity index (χ4n) is 2.01. The average molecular weight is 360 g/mol. The molecule has 1 N–H and O–H groups in total. The molecule has 0 aliphatic rings. The minimum atomic E-state index is -0.175. The SMILES string of the molecule is CCc1ccc(NC(=O)/C=C/c2cc(Br)ccc2OC)cc1. The van der Waals surface area contributed by atoms with Crippen LogP contribution in [0.25, 0.3) is 6.08 Å². The van der Waals surface area contributed by atoms with E-state index in [1.807, 2.05) is 42.5 Å². The van der Waals surface area contributed by atoms with Crippen molar-refractivity contribution in [3.05, 3.63) is 64.1 Å². The third-order valence-electron chi connectivity index (χ3n) is 3.24. The van der Waals surface area contributed by atoms with E-state index in [4.69, 9.17) is 4.74 Å². The minimum absolute atomic E-state index is 0.175. The molecule has 4 heteroatoms. The summed E-state index contributed by atoms with van der Waals surface area (Å²) in [5, 5.41) is 2.84. The van der Waals surface area contributed by atoms with E-state index in [1.54, 1.807) is 13.2 Å². The van der Waals surface area contributed by atoms with Gasteiger partial charge in [-0.3, -0.25) is 4.79 Å². The second-order valence-electron chi connectivity index (χ2n) is 4.76. The van der Waals surface area contributed by atoms with Gasteiger partial charge in [0, 0.05) is 21.8 Å². The number of benzene rings is 2. The Morgan fingerprint density at radius 3 is 2.59 bits per heavy atom. The number of methoxy groups -OCH3 is 1. The summed E-state index contributed by atoms with van der Waals surface area (Å²) in [7, 11) is 1.61. The molecule has 0 unspecified atom stereocenters. The first-order valence-electron chi connectivity index (χ1n) is 7.04. The Bertz CT molecular complexity index is 678. The number of hydrogen-bond donors (Lipinski definition) is 1. The molecule has 0 saturated heterocycles. The summed E-state index contributed by atoms with van der Waals surface area (Å²) in [5.74, 6) is 0.547. The predicted molar refractivity (Wildman–Crippen MR) is 94.2 cm³/mol. The van der Waals surface area contributed by atoms with Crippen LogP contribution in [0.15, 0.2) is 53.0 Å². The van der Waals surface area contributed by atoms with E-state index < -0.39 is 0 Å². The number of carbonyl (C=O) groups excluding carboxylic acids is 1. The van der Waals surface area contributed by atoms with Crippen LogP contribution in [-0.4, -0.2) is 13.0 Å². The summed E-state index contributed by atoms with van der Waals surface area (Å²) in [5.41, 5.74) is 2.87. The molecular formula is C18H18BrNO2. The van der Waals surface area contributed by atoms with Crippen molar-refractivity contribution in [2.75, 3.05) is 12.4 Å². The standard InChI is InChI=1S/C18H18BrNO2/c1-3-13-4-8-16(9-5-13)20-18(21)11-6-14-12-15(19)7-10-17(14)22-2/h4-12H,3H2,1-2H3,(H,20,21)/b11-6+. The predicted octanol–water partition coefficient (Wildman–Crippen LogP) is 4.67. The number of ether oxygens (including phenoxy) is 1. The van der Waals surface area contributed by atoms with Gasteiger partial charge >= 0.3 is 0 Å². The third-order valence-corrected chi connectivity index (χ3v) is 3.73. The maximum atomic E-state index is 12.0. The number of halogens is 1. The van der Waals surface area contributed by atoms with Gasteiger partial charge in [0.1, 0.15) is 5.75 Å². The normalized spacial score (nSPS) is 10.7. The van der Waals surface area contributed by atoms with E-state index in [0.717, 1.165) is 27.9 Å². The van der Waals surface area contributed by atoms with Gasteiger partial charge in [0.25, 0.3) is 0 Å². The van der Waals surface area contributed by atoms with E-state index in [1.165, 1.54) is 11.6 Å². The van der Waals surface area contributed by atoms with E-state index in [0.29, 0.717) is 0 Å². The zero-order valence-electron chi connectivity index (χ0n) is 12.6. The second-order valence-corrected chi connectivity index (χ2v) is 5.68. The molecule has 114 valence electrons. The Morgan fingerprint density at radius 1 is 1.23 bits per heavy atom. The number of anilines is 1. The Kier molecular flexibility index (Phi) is 5.78. The Balaban J connectivity index is 2.06. The van der Waals surface area contributed by atoms with Crippen LogP contribution < -0.4 is 10.1 Å². The molecule has 0 saturated carbocycles. The van der Waals surface area contributed by atoms with Crippen molar-refractivity contribution < 1.29 is 9.53 Å². The van der Waals surface area contributed by atoms with E-state index in [-0.39, 0.29) is 5.91 Å². The molecule has 0 heterocycles. The lowest BCUT2D eigenvalue weighted by molar-refractivity contribution is -0.111. The van der Waals surface area contributed by atoms with Crippen molar-refractivity contribution in [2.45, 2.75) is 13.3 Å². The molecule has 22 heavy (non-hydrogen) atoms. The first kappa shape index (κ1) is 16.3. The lowest BCUT2D eigenvalue weighted by atomic mass is 10.1. The number of amides is 1. The highest BCUT2D eigenvalue weighted by Gasteiger charge is 2.02. The van der Waals surface area contributed by atoms with Gasteiger partial charge < -0.3 is 10.1 Å². The van der Waals surface area contributed by atoms with Gasteiger partial charge in [-0.1, -0.05) is 35.0 Å². The number of carbonyl (C=O) groups is 1. The Hall–Kier alpha value is -2.07. The summed E-state index contributed by atoms with van der Waals surface area (Å²) in [6.45, 7) is 2.10. The molecule has 0 aromatic heterocycles. The largest absolute Gasteiger partial charge is 0.496 e. The van der Waals surface area contributed by atoms with Crippen LogP contribution in [0.5, 0.6) is 5.75 Å². The summed E-state index contributed by atoms with van der Waals surface area (Å²) in [4.78, 5) is 12.0. The van der Waals surface area contributed by atoms with Gasteiger partial charge in [-0.25, -0.2) is 0 Å². The monoisotopic (exact) mass is 359 g/mol. The molecule has 0 bridgehead atoms. The highest BCUT2D eigenvalue weighted by molar-refractivity contribution is 9.10. The quantitative estimate of drug-likeness (QED) is 0.787. The zero-order valence-corrected chi connectivity index (χ0v) is 14.2. The number of rotatable bonds is 5. The number of hydrogen-bond acceptors (Lipinski definition) is 2. The van der Waals surface area contributed by atoms with Crippen LogP contribution in [0.3, 0.4) is 0 Å². The first-order chi connectivity index (χ1) is 10.6. The van der Waals surface area contributed by atoms with Crippen LogP contribution in [-0.2, 0) is 11.2 Å². The smallest absolute Gasteiger partial charge is 0.248 e. The lowest BCUT2D eigenvalue weighted by Crippen LogP contribution is -2.07. The van der Waals surface area contributed by atoms with E-state index in [2.05, 4.69) is 28.2 Å². The molecule has 1 amide bonds. The van der Waals surface area contributed by atoms with Gasteiger partial charge in [-0.2, -0.15) is 0 Å². The fraction of sp³-hybridized carbons (Fsp3) is 0.167. The summed E-state index contributed by atoms with van der Waals surface area (Å²) in [6.07, 6.45) is 4.22. The Morgan fingerprint density at radius 2 is 1.95 bits per heavy atom. The molecule has 0 fully saturated rings. The molecule has 0 atom stereocenters. The average Bonchev–Trinajstić information content (AvgIpc) is 2.54. The molecule has 2 aromatic rings. The first-order valence-corrected chi connectivity index (χ1v) is 7.83. The van der Waals surface area contributed by atoms with E-state index >= 15 is 0 Å². The summed E-state index contributed by atoms with van der Waals surface area (Å²) < 4.78 is 6.21. The molecule has 0 spiro atoms. The number of aryl methyl sites for hydroxylation is 1. The van der Waals surface area contributed by atoms with Gasteiger partial charge in [-0.05, 0) is 48.4 Å². The molecule has 0 aliphatic heterocycles. The number of nitrogens with one attached hydrogen (secondary N) is 1. The van der Waals surface area contributed by atoms with Crippen molar-refractivity contribution in [1.29, 1.82) is 0 Å². The van der Waals surface area contributed by atoms with Gasteiger partial charge in [0.05, 0.1) is 7.11 Å². The van der Waals surface area contributed by atoms with Gasteiger partial charge in [0.2, 0.25) is 5.91 Å². The summed E-state index contributed by atoms with van der Waals surface area (Å²) >= 11 is 3.41. The van der Waals surface area contributed by atoms with Gasteiger partial charge in [0.15, 0.2) is 0 Å². The van der Waals surface area contributed by atoms with Gasteiger partial charge in [-0.15, -0.1) is 0 Å². The van der Waals surface area contributed by atoms with Crippen molar-refractivity contribution in [3.8, 4) is 5.75 Å². The second kappa shape index (κ2) is 7.80.